The molecular formula is C13H11ClN2. The maximum absolute atomic E-state index is 8.89. The molecule has 0 radical (unpaired) electrons. The second-order valence-electron chi connectivity index (χ2n) is 3.73. The highest BCUT2D eigenvalue weighted by atomic mass is 35.5. The Morgan fingerprint density at radius 3 is 2.88 bits per heavy atom. The van der Waals surface area contributed by atoms with Crippen molar-refractivity contribution < 1.29 is 0 Å². The zero-order valence-corrected chi connectivity index (χ0v) is 9.70. The zero-order chi connectivity index (χ0) is 11.5. The van der Waals surface area contributed by atoms with Gasteiger partial charge in [0.15, 0.2) is 0 Å². The molecule has 0 spiro atoms. The van der Waals surface area contributed by atoms with Crippen LogP contribution in [0.4, 0.5) is 0 Å². The van der Waals surface area contributed by atoms with E-state index >= 15 is 0 Å². The van der Waals surface area contributed by atoms with E-state index in [-0.39, 0.29) is 0 Å². The monoisotopic (exact) mass is 230 g/mol. The van der Waals surface area contributed by atoms with Crippen LogP contribution >= 0.6 is 11.6 Å². The number of rotatable bonds is 2. The van der Waals surface area contributed by atoms with Crippen LogP contribution in [0.1, 0.15) is 16.8 Å². The Kier molecular flexibility index (Phi) is 2.98. The van der Waals surface area contributed by atoms with Crippen molar-refractivity contribution in [3.05, 3.63) is 58.4 Å². The molecular weight excluding hydrogens is 220 g/mol. The van der Waals surface area contributed by atoms with E-state index in [0.717, 1.165) is 16.1 Å². The lowest BCUT2D eigenvalue weighted by molar-refractivity contribution is 0.793. The van der Waals surface area contributed by atoms with E-state index in [9.17, 15) is 0 Å². The zero-order valence-electron chi connectivity index (χ0n) is 8.94. The SMILES string of the molecule is Cc1ccc(Cn2cccc2C#N)c(Cl)c1. The quantitative estimate of drug-likeness (QED) is 0.778. The van der Waals surface area contributed by atoms with Crippen LogP contribution in [0.5, 0.6) is 0 Å². The molecule has 0 unspecified atom stereocenters. The highest BCUT2D eigenvalue weighted by Crippen LogP contribution is 2.19. The van der Waals surface area contributed by atoms with Crippen LogP contribution in [0.25, 0.3) is 0 Å². The first-order chi connectivity index (χ1) is 7.70. The molecule has 0 atom stereocenters. The fourth-order valence-corrected chi connectivity index (χ4v) is 1.91. The largest absolute Gasteiger partial charge is 0.335 e. The van der Waals surface area contributed by atoms with Crippen molar-refractivity contribution in [1.82, 2.24) is 4.57 Å². The van der Waals surface area contributed by atoms with Gasteiger partial charge in [-0.15, -0.1) is 0 Å². The van der Waals surface area contributed by atoms with Crippen molar-refractivity contribution in [3.8, 4) is 6.07 Å². The molecule has 0 fully saturated rings. The summed E-state index contributed by atoms with van der Waals surface area (Å²) in [7, 11) is 0. The van der Waals surface area contributed by atoms with Gasteiger partial charge < -0.3 is 4.57 Å². The minimum absolute atomic E-state index is 0.634. The predicted molar refractivity (Wildman–Crippen MR) is 64.4 cm³/mol. The molecule has 3 heteroatoms. The number of benzene rings is 1. The van der Waals surface area contributed by atoms with E-state index in [2.05, 4.69) is 6.07 Å². The number of nitriles is 1. The summed E-state index contributed by atoms with van der Waals surface area (Å²) in [6, 6.07) is 11.8. The Hall–Kier alpha value is -1.72. The number of aromatic nitrogens is 1. The van der Waals surface area contributed by atoms with E-state index < -0.39 is 0 Å². The van der Waals surface area contributed by atoms with Crippen LogP contribution in [0, 0.1) is 18.3 Å². The van der Waals surface area contributed by atoms with Gasteiger partial charge in [0.25, 0.3) is 0 Å². The van der Waals surface area contributed by atoms with Gasteiger partial charge in [-0.05, 0) is 36.2 Å². The summed E-state index contributed by atoms with van der Waals surface area (Å²) in [5.41, 5.74) is 2.82. The molecule has 0 bridgehead atoms. The molecule has 1 aromatic heterocycles. The van der Waals surface area contributed by atoms with Crippen molar-refractivity contribution in [1.29, 1.82) is 5.26 Å². The summed E-state index contributed by atoms with van der Waals surface area (Å²) >= 11 is 6.15. The van der Waals surface area contributed by atoms with Crippen LogP contribution < -0.4 is 0 Å². The van der Waals surface area contributed by atoms with Crippen LogP contribution in [-0.4, -0.2) is 4.57 Å². The molecule has 1 heterocycles. The van der Waals surface area contributed by atoms with Crippen LogP contribution in [0.3, 0.4) is 0 Å². The number of hydrogen-bond acceptors (Lipinski definition) is 1. The lowest BCUT2D eigenvalue weighted by Crippen LogP contribution is -2.01. The number of nitrogens with zero attached hydrogens (tertiary/aromatic N) is 2. The Labute approximate surface area is 99.7 Å². The number of hydrogen-bond donors (Lipinski definition) is 0. The molecule has 0 aliphatic heterocycles. The fraction of sp³-hybridized carbons (Fsp3) is 0.154. The lowest BCUT2D eigenvalue weighted by atomic mass is 10.1. The lowest BCUT2D eigenvalue weighted by Gasteiger charge is -2.07. The van der Waals surface area contributed by atoms with Gasteiger partial charge in [0, 0.05) is 17.8 Å². The standard InChI is InChI=1S/C13H11ClN2/c1-10-4-5-11(13(14)7-10)9-16-6-2-3-12(16)8-15/h2-7H,9H2,1H3. The molecule has 2 aromatic rings. The first kappa shape index (κ1) is 10.8. The van der Waals surface area contributed by atoms with Gasteiger partial charge in [0.05, 0.1) is 0 Å². The van der Waals surface area contributed by atoms with Gasteiger partial charge >= 0.3 is 0 Å². The van der Waals surface area contributed by atoms with E-state index in [4.69, 9.17) is 16.9 Å². The molecule has 2 rings (SSSR count). The third-order valence-corrected chi connectivity index (χ3v) is 2.85. The predicted octanol–water partition coefficient (Wildman–Crippen LogP) is 3.37. The van der Waals surface area contributed by atoms with Gasteiger partial charge in [-0.1, -0.05) is 23.7 Å². The van der Waals surface area contributed by atoms with E-state index in [1.807, 2.05) is 42.0 Å². The molecule has 0 saturated carbocycles. The van der Waals surface area contributed by atoms with Gasteiger partial charge in [0.1, 0.15) is 11.8 Å². The van der Waals surface area contributed by atoms with Crippen molar-refractivity contribution in [2.45, 2.75) is 13.5 Å². The number of aryl methyl sites for hydroxylation is 1. The Bertz CT molecular complexity index is 549. The summed E-state index contributed by atoms with van der Waals surface area (Å²) < 4.78 is 1.89. The van der Waals surface area contributed by atoms with E-state index in [1.165, 1.54) is 0 Å². The summed E-state index contributed by atoms with van der Waals surface area (Å²) in [5.74, 6) is 0. The molecule has 0 aliphatic rings. The highest BCUT2D eigenvalue weighted by Gasteiger charge is 2.04. The maximum atomic E-state index is 8.89. The maximum Gasteiger partial charge on any atom is 0.120 e. The van der Waals surface area contributed by atoms with Gasteiger partial charge in [-0.2, -0.15) is 5.26 Å². The third-order valence-electron chi connectivity index (χ3n) is 2.49. The molecule has 0 amide bonds. The molecule has 2 nitrogen and oxygen atoms in total. The third kappa shape index (κ3) is 2.10. The minimum atomic E-state index is 0.634. The van der Waals surface area contributed by atoms with Crippen molar-refractivity contribution in [3.63, 3.8) is 0 Å². The van der Waals surface area contributed by atoms with Gasteiger partial charge in [-0.25, -0.2) is 0 Å². The average Bonchev–Trinajstić information content (AvgIpc) is 2.69. The van der Waals surface area contributed by atoms with Gasteiger partial charge in [-0.3, -0.25) is 0 Å². The first-order valence-corrected chi connectivity index (χ1v) is 5.39. The van der Waals surface area contributed by atoms with Crippen LogP contribution in [-0.2, 0) is 6.54 Å². The molecule has 0 N–H and O–H groups in total. The smallest absolute Gasteiger partial charge is 0.120 e. The fourth-order valence-electron chi connectivity index (χ4n) is 1.62. The van der Waals surface area contributed by atoms with Crippen molar-refractivity contribution >= 4 is 11.6 Å². The average molecular weight is 231 g/mol. The van der Waals surface area contributed by atoms with Crippen LogP contribution in [0.15, 0.2) is 36.5 Å². The van der Waals surface area contributed by atoms with E-state index in [1.54, 1.807) is 6.07 Å². The topological polar surface area (TPSA) is 28.7 Å². The minimum Gasteiger partial charge on any atom is -0.335 e. The first-order valence-electron chi connectivity index (χ1n) is 5.01. The number of halogens is 1. The van der Waals surface area contributed by atoms with Crippen molar-refractivity contribution in [2.24, 2.45) is 0 Å². The Balaban J connectivity index is 2.31. The normalized spacial score (nSPS) is 10.1. The van der Waals surface area contributed by atoms with E-state index in [0.29, 0.717) is 12.2 Å². The second kappa shape index (κ2) is 4.42. The molecule has 1 aromatic carbocycles. The Morgan fingerprint density at radius 1 is 1.38 bits per heavy atom. The summed E-state index contributed by atoms with van der Waals surface area (Å²) in [6.45, 7) is 2.64. The van der Waals surface area contributed by atoms with Gasteiger partial charge in [0.2, 0.25) is 0 Å². The second-order valence-corrected chi connectivity index (χ2v) is 4.14. The molecule has 0 saturated heterocycles. The Morgan fingerprint density at radius 2 is 2.19 bits per heavy atom. The summed E-state index contributed by atoms with van der Waals surface area (Å²) in [6.07, 6.45) is 1.88. The highest BCUT2D eigenvalue weighted by molar-refractivity contribution is 6.31. The van der Waals surface area contributed by atoms with Crippen molar-refractivity contribution in [2.75, 3.05) is 0 Å². The summed E-state index contributed by atoms with van der Waals surface area (Å²) in [5, 5.41) is 9.64. The molecule has 0 aliphatic carbocycles. The summed E-state index contributed by atoms with van der Waals surface area (Å²) in [4.78, 5) is 0. The molecule has 80 valence electrons. The molecule has 16 heavy (non-hydrogen) atoms. The van der Waals surface area contributed by atoms with Crippen LogP contribution in [0.2, 0.25) is 5.02 Å².